The summed E-state index contributed by atoms with van der Waals surface area (Å²) in [4.78, 5) is 13.7. The molecule has 1 aliphatic carbocycles. The summed E-state index contributed by atoms with van der Waals surface area (Å²) < 4.78 is 5.41. The lowest BCUT2D eigenvalue weighted by molar-refractivity contribution is -0.389. The number of pyridine rings is 1. The molecule has 0 aliphatic heterocycles. The van der Waals surface area contributed by atoms with Crippen molar-refractivity contribution in [1.82, 2.24) is 4.98 Å². The van der Waals surface area contributed by atoms with Gasteiger partial charge in [0.15, 0.2) is 0 Å². The van der Waals surface area contributed by atoms with Crippen LogP contribution >= 0.6 is 0 Å². The maximum absolute atomic E-state index is 10.5. The molecular formula is C10H12N2O4. The van der Waals surface area contributed by atoms with Crippen LogP contribution in [-0.2, 0) is 0 Å². The Hall–Kier alpha value is -1.69. The van der Waals surface area contributed by atoms with Crippen LogP contribution < -0.4 is 4.74 Å². The van der Waals surface area contributed by atoms with Crippen molar-refractivity contribution < 1.29 is 14.8 Å². The standard InChI is InChI=1S/C10H12N2O4/c13-7-3-1-4-8(7)16-10-6-2-5-9(11-10)12(14)15/h2,5-8,13H,1,3-4H2/t7-,8+/m1/s1. The zero-order valence-corrected chi connectivity index (χ0v) is 8.57. The summed E-state index contributed by atoms with van der Waals surface area (Å²) in [5.41, 5.74) is 0. The van der Waals surface area contributed by atoms with Gasteiger partial charge in [0.2, 0.25) is 0 Å². The van der Waals surface area contributed by atoms with Crippen molar-refractivity contribution in [3.8, 4) is 5.88 Å². The van der Waals surface area contributed by atoms with Crippen LogP contribution in [0.5, 0.6) is 5.88 Å². The number of aromatic nitrogens is 1. The molecule has 0 spiro atoms. The Bertz CT molecular complexity index is 396. The molecule has 1 aromatic rings. The van der Waals surface area contributed by atoms with E-state index in [0.29, 0.717) is 6.42 Å². The largest absolute Gasteiger partial charge is 0.453 e. The maximum Gasteiger partial charge on any atom is 0.367 e. The molecule has 0 radical (unpaired) electrons. The lowest BCUT2D eigenvalue weighted by atomic mass is 10.3. The highest BCUT2D eigenvalue weighted by Crippen LogP contribution is 2.24. The second kappa shape index (κ2) is 4.44. The van der Waals surface area contributed by atoms with Gasteiger partial charge in [-0.2, -0.15) is 0 Å². The summed E-state index contributed by atoms with van der Waals surface area (Å²) in [6, 6.07) is 4.37. The second-order valence-electron chi connectivity index (χ2n) is 3.75. The van der Waals surface area contributed by atoms with Gasteiger partial charge in [-0.3, -0.25) is 0 Å². The van der Waals surface area contributed by atoms with Crippen LogP contribution in [-0.4, -0.2) is 27.2 Å². The van der Waals surface area contributed by atoms with Crippen LogP contribution in [0, 0.1) is 10.1 Å². The Morgan fingerprint density at radius 1 is 1.50 bits per heavy atom. The molecule has 0 amide bonds. The van der Waals surface area contributed by atoms with E-state index in [4.69, 9.17) is 4.74 Å². The first-order valence-corrected chi connectivity index (χ1v) is 5.13. The molecule has 0 saturated heterocycles. The zero-order chi connectivity index (χ0) is 11.5. The molecule has 86 valence electrons. The average Bonchev–Trinajstić information content (AvgIpc) is 2.65. The van der Waals surface area contributed by atoms with E-state index >= 15 is 0 Å². The third-order valence-electron chi connectivity index (χ3n) is 2.59. The van der Waals surface area contributed by atoms with Gasteiger partial charge in [0.25, 0.3) is 0 Å². The van der Waals surface area contributed by atoms with E-state index in [-0.39, 0.29) is 17.8 Å². The molecule has 1 aliphatic rings. The van der Waals surface area contributed by atoms with Gasteiger partial charge < -0.3 is 20.0 Å². The van der Waals surface area contributed by atoms with Gasteiger partial charge in [-0.05, 0) is 30.3 Å². The third-order valence-corrected chi connectivity index (χ3v) is 2.59. The van der Waals surface area contributed by atoms with Crippen molar-refractivity contribution >= 4 is 5.82 Å². The van der Waals surface area contributed by atoms with E-state index in [1.165, 1.54) is 12.1 Å². The van der Waals surface area contributed by atoms with E-state index in [1.54, 1.807) is 6.07 Å². The topological polar surface area (TPSA) is 85.5 Å². The lowest BCUT2D eigenvalue weighted by Gasteiger charge is -2.13. The number of nitrogens with zero attached hydrogens (tertiary/aromatic N) is 2. The van der Waals surface area contributed by atoms with E-state index < -0.39 is 11.0 Å². The number of hydrogen-bond acceptors (Lipinski definition) is 5. The number of nitro groups is 1. The predicted octanol–water partition coefficient (Wildman–Crippen LogP) is 1.28. The van der Waals surface area contributed by atoms with Crippen molar-refractivity contribution in [2.24, 2.45) is 0 Å². The minimum atomic E-state index is -0.571. The number of rotatable bonds is 3. The Morgan fingerprint density at radius 2 is 2.31 bits per heavy atom. The molecule has 16 heavy (non-hydrogen) atoms. The molecule has 1 fully saturated rings. The number of ether oxygens (including phenoxy) is 1. The Morgan fingerprint density at radius 3 is 2.94 bits per heavy atom. The van der Waals surface area contributed by atoms with Gasteiger partial charge in [0.05, 0.1) is 6.10 Å². The molecule has 1 N–H and O–H groups in total. The molecule has 6 heteroatoms. The Kier molecular flexibility index (Phi) is 3.00. The third kappa shape index (κ3) is 2.27. The molecule has 6 nitrogen and oxygen atoms in total. The van der Waals surface area contributed by atoms with Crippen LogP contribution in [0.3, 0.4) is 0 Å². The van der Waals surface area contributed by atoms with Crippen LogP contribution in [0.25, 0.3) is 0 Å². The minimum absolute atomic E-state index is 0.195. The van der Waals surface area contributed by atoms with Gasteiger partial charge in [0, 0.05) is 17.1 Å². The Balaban J connectivity index is 2.09. The monoisotopic (exact) mass is 224 g/mol. The summed E-state index contributed by atoms with van der Waals surface area (Å²) in [6.45, 7) is 0. The summed E-state index contributed by atoms with van der Waals surface area (Å²) in [5, 5.41) is 20.0. The smallest absolute Gasteiger partial charge is 0.367 e. The summed E-state index contributed by atoms with van der Waals surface area (Å²) in [6.07, 6.45) is 1.57. The molecule has 2 rings (SSSR count). The van der Waals surface area contributed by atoms with Crippen LogP contribution in [0.4, 0.5) is 5.82 Å². The van der Waals surface area contributed by atoms with Crippen molar-refractivity contribution in [1.29, 1.82) is 0 Å². The molecule has 1 saturated carbocycles. The summed E-state index contributed by atoms with van der Waals surface area (Å²) >= 11 is 0. The lowest BCUT2D eigenvalue weighted by Crippen LogP contribution is -2.26. The number of aliphatic hydroxyl groups is 1. The van der Waals surface area contributed by atoms with E-state index in [1.807, 2.05) is 0 Å². The van der Waals surface area contributed by atoms with Gasteiger partial charge in [0.1, 0.15) is 6.10 Å². The fourth-order valence-corrected chi connectivity index (χ4v) is 1.77. The van der Waals surface area contributed by atoms with Crippen molar-refractivity contribution in [3.63, 3.8) is 0 Å². The average molecular weight is 224 g/mol. The van der Waals surface area contributed by atoms with E-state index in [0.717, 1.165) is 12.8 Å². The van der Waals surface area contributed by atoms with Crippen molar-refractivity contribution in [2.75, 3.05) is 0 Å². The maximum atomic E-state index is 10.5. The highest BCUT2D eigenvalue weighted by atomic mass is 16.6. The predicted molar refractivity (Wildman–Crippen MR) is 55.2 cm³/mol. The van der Waals surface area contributed by atoms with Gasteiger partial charge in [-0.25, -0.2) is 0 Å². The fraction of sp³-hybridized carbons (Fsp3) is 0.500. The van der Waals surface area contributed by atoms with E-state index in [2.05, 4.69) is 4.98 Å². The quantitative estimate of drug-likeness (QED) is 0.617. The summed E-state index contributed by atoms with van der Waals surface area (Å²) in [7, 11) is 0. The second-order valence-corrected chi connectivity index (χ2v) is 3.75. The number of hydrogen-bond donors (Lipinski definition) is 1. The molecule has 2 atom stereocenters. The molecule has 1 heterocycles. The zero-order valence-electron chi connectivity index (χ0n) is 8.57. The molecule has 0 aromatic carbocycles. The first kappa shape index (κ1) is 10.8. The molecule has 0 unspecified atom stereocenters. The molecular weight excluding hydrogens is 212 g/mol. The van der Waals surface area contributed by atoms with Gasteiger partial charge in [-0.1, -0.05) is 0 Å². The Labute approximate surface area is 92.0 Å². The van der Waals surface area contributed by atoms with Crippen LogP contribution in [0.2, 0.25) is 0 Å². The first-order valence-electron chi connectivity index (χ1n) is 5.13. The SMILES string of the molecule is O=[N+]([O-])c1cccc(O[C@H]2CCC[C@H]2O)n1. The first-order chi connectivity index (χ1) is 7.66. The van der Waals surface area contributed by atoms with Crippen molar-refractivity contribution in [2.45, 2.75) is 31.5 Å². The van der Waals surface area contributed by atoms with Crippen LogP contribution in [0.1, 0.15) is 19.3 Å². The fourth-order valence-electron chi connectivity index (χ4n) is 1.77. The van der Waals surface area contributed by atoms with Crippen LogP contribution in [0.15, 0.2) is 18.2 Å². The van der Waals surface area contributed by atoms with Crippen molar-refractivity contribution in [3.05, 3.63) is 28.3 Å². The van der Waals surface area contributed by atoms with Gasteiger partial charge in [-0.15, -0.1) is 0 Å². The minimum Gasteiger partial charge on any atom is -0.453 e. The van der Waals surface area contributed by atoms with E-state index in [9.17, 15) is 15.2 Å². The van der Waals surface area contributed by atoms with Gasteiger partial charge >= 0.3 is 11.7 Å². The molecule has 1 aromatic heterocycles. The number of aliphatic hydroxyl groups excluding tert-OH is 1. The highest BCUT2D eigenvalue weighted by Gasteiger charge is 2.28. The highest BCUT2D eigenvalue weighted by molar-refractivity contribution is 5.25. The normalized spacial score (nSPS) is 24.3. The summed E-state index contributed by atoms with van der Waals surface area (Å²) in [5.74, 6) is -0.0508. The molecule has 0 bridgehead atoms.